The van der Waals surface area contributed by atoms with Crippen LogP contribution >= 0.6 is 11.3 Å². The van der Waals surface area contributed by atoms with E-state index in [-0.39, 0.29) is 34.6 Å². The fraction of sp³-hybridized carbons (Fsp3) is 0.182. The number of primary amides is 1. The molecule has 0 saturated heterocycles. The van der Waals surface area contributed by atoms with E-state index in [1.54, 1.807) is 41.8 Å². The molecule has 10 heteroatoms. The highest BCUT2D eigenvalue weighted by Crippen LogP contribution is 2.46. The molecule has 0 fully saturated rings. The molecule has 166 valence electrons. The monoisotopic (exact) mass is 472 g/mol. The van der Waals surface area contributed by atoms with Crippen molar-refractivity contribution < 1.29 is 27.5 Å². The lowest BCUT2D eigenvalue weighted by Crippen LogP contribution is -2.23. The number of nitrogens with one attached hydrogen (secondary N) is 1. The number of hydrogen-bond donors (Lipinski definition) is 2. The van der Waals surface area contributed by atoms with Crippen LogP contribution in [0.15, 0.2) is 63.7 Å². The summed E-state index contributed by atoms with van der Waals surface area (Å²) in [5.74, 6) is -0.114. The van der Waals surface area contributed by atoms with Gasteiger partial charge in [0, 0.05) is 22.6 Å². The lowest BCUT2D eigenvalue weighted by Gasteiger charge is -2.24. The van der Waals surface area contributed by atoms with Crippen molar-refractivity contribution in [1.29, 1.82) is 0 Å². The zero-order chi connectivity index (χ0) is 22.9. The Balaban J connectivity index is 1.67. The number of hydrogen-bond acceptors (Lipinski definition) is 7. The maximum absolute atomic E-state index is 13.2. The molecule has 0 aliphatic carbocycles. The molecular formula is C22H20N2O6S2. The van der Waals surface area contributed by atoms with Crippen molar-refractivity contribution in [1.82, 2.24) is 0 Å². The van der Waals surface area contributed by atoms with Gasteiger partial charge in [0.1, 0.15) is 16.4 Å². The summed E-state index contributed by atoms with van der Waals surface area (Å²) in [5, 5.41) is 4.31. The van der Waals surface area contributed by atoms with E-state index in [9.17, 15) is 18.0 Å². The number of fused-ring (bicyclic) bond motifs is 1. The second kappa shape index (κ2) is 8.64. The lowest BCUT2D eigenvalue weighted by atomic mass is 9.90. The standard InChI is InChI=1S/C22H20N2O6S2/c1-29-14-6-8-16(9-7-14)32(27,28)18-12-31-22-17(10-20(26)24-21(18)22)13-2-4-15(5-3-13)30-11-19(23)25/h2-9,12,17H,10-11H2,1H3,(H2,23,25)(H,24,26)/t17-/m0/s1. The Hall–Kier alpha value is -3.37. The molecule has 1 aliphatic heterocycles. The lowest BCUT2D eigenvalue weighted by molar-refractivity contribution is -0.120. The third-order valence-corrected chi connectivity index (χ3v) is 8.12. The molecular weight excluding hydrogens is 452 g/mol. The second-order valence-electron chi connectivity index (χ2n) is 7.15. The molecule has 1 atom stereocenters. The van der Waals surface area contributed by atoms with Gasteiger partial charge in [-0.3, -0.25) is 9.59 Å². The molecule has 0 bridgehead atoms. The molecule has 32 heavy (non-hydrogen) atoms. The summed E-state index contributed by atoms with van der Waals surface area (Å²) in [7, 11) is -2.33. The number of anilines is 1. The van der Waals surface area contributed by atoms with Gasteiger partial charge in [0.05, 0.1) is 17.7 Å². The minimum absolute atomic E-state index is 0.0714. The van der Waals surface area contributed by atoms with E-state index in [1.807, 2.05) is 0 Å². The van der Waals surface area contributed by atoms with E-state index in [1.165, 1.54) is 30.6 Å². The molecule has 2 aromatic carbocycles. The molecule has 0 unspecified atom stereocenters. The van der Waals surface area contributed by atoms with Crippen LogP contribution in [0.4, 0.5) is 5.69 Å². The number of sulfone groups is 1. The summed E-state index contributed by atoms with van der Waals surface area (Å²) in [6.45, 7) is -0.229. The number of amides is 2. The highest BCUT2D eigenvalue weighted by Gasteiger charge is 2.34. The van der Waals surface area contributed by atoms with E-state index < -0.39 is 15.7 Å². The van der Waals surface area contributed by atoms with Crippen LogP contribution < -0.4 is 20.5 Å². The minimum atomic E-state index is -3.84. The zero-order valence-corrected chi connectivity index (χ0v) is 18.7. The number of rotatable bonds is 7. The van der Waals surface area contributed by atoms with Crippen LogP contribution in [-0.2, 0) is 19.4 Å². The van der Waals surface area contributed by atoms with Gasteiger partial charge in [-0.05, 0) is 42.0 Å². The number of thiophene rings is 1. The van der Waals surface area contributed by atoms with E-state index in [2.05, 4.69) is 5.32 Å². The van der Waals surface area contributed by atoms with Crippen LogP contribution in [0.2, 0.25) is 0 Å². The Kier molecular flexibility index (Phi) is 5.90. The summed E-state index contributed by atoms with van der Waals surface area (Å²) in [6, 6.07) is 13.1. The molecule has 2 amide bonds. The number of carbonyl (C=O) groups excluding carboxylic acids is 2. The van der Waals surface area contributed by atoms with Crippen molar-refractivity contribution in [2.75, 3.05) is 19.0 Å². The first-order valence-electron chi connectivity index (χ1n) is 9.61. The predicted molar refractivity (Wildman–Crippen MR) is 119 cm³/mol. The normalized spacial score (nSPS) is 15.5. The van der Waals surface area contributed by atoms with Gasteiger partial charge >= 0.3 is 0 Å². The number of nitrogens with two attached hydrogens (primary N) is 1. The molecule has 3 N–H and O–H groups in total. The number of methoxy groups -OCH3 is 1. The van der Waals surface area contributed by atoms with Crippen LogP contribution in [0.25, 0.3) is 0 Å². The third kappa shape index (κ3) is 4.19. The third-order valence-electron chi connectivity index (χ3n) is 5.08. The quantitative estimate of drug-likeness (QED) is 0.545. The van der Waals surface area contributed by atoms with Crippen molar-refractivity contribution in [2.45, 2.75) is 22.1 Å². The molecule has 0 saturated carbocycles. The van der Waals surface area contributed by atoms with Gasteiger partial charge in [0.25, 0.3) is 5.91 Å². The first-order valence-corrected chi connectivity index (χ1v) is 12.0. The smallest absolute Gasteiger partial charge is 0.255 e. The van der Waals surface area contributed by atoms with Crippen LogP contribution in [0, 0.1) is 0 Å². The van der Waals surface area contributed by atoms with Gasteiger partial charge in [-0.15, -0.1) is 11.3 Å². The fourth-order valence-corrected chi connectivity index (χ4v) is 6.41. The largest absolute Gasteiger partial charge is 0.497 e. The van der Waals surface area contributed by atoms with Gasteiger partial charge in [0.2, 0.25) is 15.7 Å². The summed E-state index contributed by atoms with van der Waals surface area (Å²) in [4.78, 5) is 24.3. The van der Waals surface area contributed by atoms with Gasteiger partial charge in [-0.1, -0.05) is 12.1 Å². The van der Waals surface area contributed by atoms with Crippen molar-refractivity contribution in [3.63, 3.8) is 0 Å². The first-order chi connectivity index (χ1) is 15.3. The van der Waals surface area contributed by atoms with Gasteiger partial charge in [0.15, 0.2) is 6.61 Å². The highest BCUT2D eigenvalue weighted by molar-refractivity contribution is 7.91. The molecule has 2 heterocycles. The Morgan fingerprint density at radius 3 is 2.41 bits per heavy atom. The summed E-state index contributed by atoms with van der Waals surface area (Å²) in [5.41, 5.74) is 6.24. The van der Waals surface area contributed by atoms with Gasteiger partial charge < -0.3 is 20.5 Å². The molecule has 1 aromatic heterocycles. The minimum Gasteiger partial charge on any atom is -0.497 e. The summed E-state index contributed by atoms with van der Waals surface area (Å²) in [6.07, 6.45) is 0.191. The Labute approximate surface area is 188 Å². The van der Waals surface area contributed by atoms with Crippen molar-refractivity contribution in [3.05, 3.63) is 64.4 Å². The van der Waals surface area contributed by atoms with Crippen LogP contribution in [0.3, 0.4) is 0 Å². The van der Waals surface area contributed by atoms with Gasteiger partial charge in [-0.25, -0.2) is 8.42 Å². The predicted octanol–water partition coefficient (Wildman–Crippen LogP) is 2.93. The number of carbonyl (C=O) groups is 2. The summed E-state index contributed by atoms with van der Waals surface area (Å²) < 4.78 is 36.9. The van der Waals surface area contributed by atoms with Crippen LogP contribution in [0.5, 0.6) is 11.5 Å². The SMILES string of the molecule is COc1ccc(S(=O)(=O)c2csc3c2NC(=O)C[C@H]3c2ccc(OCC(N)=O)cc2)cc1. The maximum Gasteiger partial charge on any atom is 0.255 e. The molecule has 1 aliphatic rings. The molecule has 0 radical (unpaired) electrons. The maximum atomic E-state index is 13.2. The molecule has 4 rings (SSSR count). The highest BCUT2D eigenvalue weighted by atomic mass is 32.2. The van der Waals surface area contributed by atoms with Crippen molar-refractivity contribution in [2.24, 2.45) is 5.73 Å². The van der Waals surface area contributed by atoms with E-state index in [0.29, 0.717) is 17.2 Å². The Morgan fingerprint density at radius 1 is 1.12 bits per heavy atom. The summed E-state index contributed by atoms with van der Waals surface area (Å²) >= 11 is 1.29. The Morgan fingerprint density at radius 2 is 1.78 bits per heavy atom. The zero-order valence-electron chi connectivity index (χ0n) is 17.0. The van der Waals surface area contributed by atoms with E-state index >= 15 is 0 Å². The number of benzene rings is 2. The molecule has 3 aromatic rings. The van der Waals surface area contributed by atoms with Crippen molar-refractivity contribution >= 4 is 38.7 Å². The van der Waals surface area contributed by atoms with Crippen molar-refractivity contribution in [3.8, 4) is 11.5 Å². The van der Waals surface area contributed by atoms with Gasteiger partial charge in [-0.2, -0.15) is 0 Å². The fourth-order valence-electron chi connectivity index (χ4n) is 3.50. The Bertz CT molecular complexity index is 1260. The topological polar surface area (TPSA) is 125 Å². The second-order valence-corrected chi connectivity index (χ2v) is 9.98. The van der Waals surface area contributed by atoms with Crippen LogP contribution in [-0.4, -0.2) is 33.9 Å². The first kappa shape index (κ1) is 21.8. The number of ether oxygens (including phenoxy) is 2. The molecule has 0 spiro atoms. The average Bonchev–Trinajstić information content (AvgIpc) is 3.22. The molecule has 8 nitrogen and oxygen atoms in total. The average molecular weight is 473 g/mol. The van der Waals surface area contributed by atoms with E-state index in [4.69, 9.17) is 15.2 Å². The van der Waals surface area contributed by atoms with Crippen LogP contribution in [0.1, 0.15) is 22.8 Å². The van der Waals surface area contributed by atoms with E-state index in [0.717, 1.165) is 10.4 Å².